The van der Waals surface area contributed by atoms with Gasteiger partial charge in [-0.15, -0.1) is 0 Å². The summed E-state index contributed by atoms with van der Waals surface area (Å²) in [5.41, 5.74) is 3.14. The second kappa shape index (κ2) is 7.13. The molecular formula is C27H21N3O4. The van der Waals surface area contributed by atoms with Crippen LogP contribution in [0, 0.1) is 0 Å². The second-order valence-electron chi connectivity index (χ2n) is 8.51. The van der Waals surface area contributed by atoms with Crippen LogP contribution < -0.4 is 16.0 Å². The summed E-state index contributed by atoms with van der Waals surface area (Å²) >= 11 is 0. The topological polar surface area (TPSA) is 86.4 Å². The van der Waals surface area contributed by atoms with Gasteiger partial charge in [0.1, 0.15) is 11.9 Å². The Hall–Kier alpha value is -4.23. The van der Waals surface area contributed by atoms with Crippen molar-refractivity contribution >= 4 is 21.8 Å². The second-order valence-corrected chi connectivity index (χ2v) is 8.51. The van der Waals surface area contributed by atoms with Gasteiger partial charge < -0.3 is 9.84 Å². The fraction of sp³-hybridized carbons (Fsp3) is 0.148. The molecule has 6 rings (SSSR count). The van der Waals surface area contributed by atoms with E-state index in [0.29, 0.717) is 33.7 Å². The Morgan fingerprint density at radius 1 is 0.912 bits per heavy atom. The lowest BCUT2D eigenvalue weighted by molar-refractivity contribution is 0.225. The fourth-order valence-electron chi connectivity index (χ4n) is 5.12. The Kier molecular flexibility index (Phi) is 4.28. The number of aromatic nitrogens is 3. The number of benzene rings is 3. The molecule has 0 aliphatic heterocycles. The lowest BCUT2D eigenvalue weighted by Crippen LogP contribution is -2.37. The molecule has 0 amide bonds. The number of aryl methyl sites for hydroxylation is 1. The van der Waals surface area contributed by atoms with Crippen LogP contribution in [0.4, 0.5) is 0 Å². The standard InChI is InChI=1S/C27H21N3O4/c1-29-25-22(26(32)30(2)27(29)33)20(19-15-9-5-4-8-14(15)12-13-18(19)34-3)21-23(28-25)16-10-6-7-11-17(16)24(21)31/h4-13,24,31H,1-3H3/t24-/m0/s1. The molecule has 2 heterocycles. The number of hydrogen-bond donors (Lipinski definition) is 1. The van der Waals surface area contributed by atoms with Gasteiger partial charge in [-0.3, -0.25) is 13.9 Å². The van der Waals surface area contributed by atoms with E-state index in [1.807, 2.05) is 60.7 Å². The van der Waals surface area contributed by atoms with Gasteiger partial charge in [-0.25, -0.2) is 9.78 Å². The SMILES string of the molecule is COc1ccc2ccccc2c1-c1c2c(nc3c1c(=O)n(C)c(=O)n3C)-c1ccccc1[C@@H]2O. The van der Waals surface area contributed by atoms with Gasteiger partial charge in [0.2, 0.25) is 0 Å². The Balaban J connectivity index is 1.94. The Labute approximate surface area is 194 Å². The van der Waals surface area contributed by atoms with Crippen LogP contribution >= 0.6 is 0 Å². The molecular weight excluding hydrogens is 430 g/mol. The summed E-state index contributed by atoms with van der Waals surface area (Å²) in [6.45, 7) is 0. The van der Waals surface area contributed by atoms with Crippen LogP contribution in [0.3, 0.4) is 0 Å². The third-order valence-electron chi connectivity index (χ3n) is 6.77. The zero-order chi connectivity index (χ0) is 23.7. The van der Waals surface area contributed by atoms with Gasteiger partial charge in [-0.2, -0.15) is 0 Å². The normalized spacial score (nSPS) is 14.4. The number of aliphatic hydroxyl groups excluding tert-OH is 1. The molecule has 5 aromatic rings. The Morgan fingerprint density at radius 3 is 2.44 bits per heavy atom. The molecule has 0 bridgehead atoms. The molecule has 1 atom stereocenters. The zero-order valence-electron chi connectivity index (χ0n) is 18.9. The Morgan fingerprint density at radius 2 is 1.65 bits per heavy atom. The third-order valence-corrected chi connectivity index (χ3v) is 6.77. The van der Waals surface area contributed by atoms with Crippen molar-refractivity contribution in [2.45, 2.75) is 6.10 Å². The van der Waals surface area contributed by atoms with Gasteiger partial charge in [-0.05, 0) is 22.4 Å². The predicted molar refractivity (Wildman–Crippen MR) is 131 cm³/mol. The third kappa shape index (κ3) is 2.53. The maximum absolute atomic E-state index is 13.6. The molecule has 0 radical (unpaired) electrons. The largest absolute Gasteiger partial charge is 0.496 e. The average Bonchev–Trinajstić information content (AvgIpc) is 3.16. The van der Waals surface area contributed by atoms with E-state index < -0.39 is 17.4 Å². The van der Waals surface area contributed by atoms with Gasteiger partial charge in [-0.1, -0.05) is 54.6 Å². The van der Waals surface area contributed by atoms with Gasteiger partial charge in [0, 0.05) is 36.3 Å². The van der Waals surface area contributed by atoms with Crippen LogP contribution in [-0.2, 0) is 14.1 Å². The van der Waals surface area contributed by atoms with Crippen LogP contribution in [0.25, 0.3) is 44.2 Å². The Bertz CT molecular complexity index is 1780. The highest BCUT2D eigenvalue weighted by atomic mass is 16.5. The van der Waals surface area contributed by atoms with E-state index in [1.54, 1.807) is 14.2 Å². The van der Waals surface area contributed by atoms with Crippen molar-refractivity contribution in [1.82, 2.24) is 14.1 Å². The molecule has 7 heteroatoms. The van der Waals surface area contributed by atoms with E-state index in [9.17, 15) is 14.7 Å². The average molecular weight is 451 g/mol. The summed E-state index contributed by atoms with van der Waals surface area (Å²) in [5, 5.41) is 13.6. The van der Waals surface area contributed by atoms with E-state index in [1.165, 1.54) is 11.6 Å². The highest BCUT2D eigenvalue weighted by Crippen LogP contribution is 2.51. The molecule has 2 aromatic heterocycles. The van der Waals surface area contributed by atoms with Crippen LogP contribution in [0.5, 0.6) is 5.75 Å². The predicted octanol–water partition coefficient (Wildman–Crippen LogP) is 3.52. The highest BCUT2D eigenvalue weighted by Gasteiger charge is 2.35. The van der Waals surface area contributed by atoms with E-state index in [0.717, 1.165) is 20.9 Å². The summed E-state index contributed by atoms with van der Waals surface area (Å²) in [5.74, 6) is 0.562. The van der Waals surface area contributed by atoms with Gasteiger partial charge in [0.05, 0.1) is 18.2 Å². The molecule has 0 saturated carbocycles. The van der Waals surface area contributed by atoms with Crippen molar-refractivity contribution in [3.8, 4) is 28.1 Å². The van der Waals surface area contributed by atoms with Crippen molar-refractivity contribution in [3.63, 3.8) is 0 Å². The summed E-state index contributed by atoms with van der Waals surface area (Å²) in [7, 11) is 4.63. The van der Waals surface area contributed by atoms with Crippen molar-refractivity contribution in [1.29, 1.82) is 0 Å². The first-order valence-electron chi connectivity index (χ1n) is 10.9. The van der Waals surface area contributed by atoms with Crippen molar-refractivity contribution in [2.75, 3.05) is 7.11 Å². The molecule has 0 saturated heterocycles. The first-order chi connectivity index (χ1) is 16.4. The number of pyridine rings is 1. The first-order valence-corrected chi connectivity index (χ1v) is 10.9. The fourth-order valence-corrected chi connectivity index (χ4v) is 5.12. The molecule has 0 spiro atoms. The van der Waals surface area contributed by atoms with Crippen molar-refractivity contribution in [3.05, 3.63) is 92.6 Å². The molecule has 168 valence electrons. The van der Waals surface area contributed by atoms with Gasteiger partial charge in [0.15, 0.2) is 5.65 Å². The molecule has 0 unspecified atom stereocenters. The van der Waals surface area contributed by atoms with Gasteiger partial charge >= 0.3 is 5.69 Å². The van der Waals surface area contributed by atoms with Crippen LogP contribution in [0.2, 0.25) is 0 Å². The minimum Gasteiger partial charge on any atom is -0.496 e. The smallest absolute Gasteiger partial charge is 0.332 e. The van der Waals surface area contributed by atoms with Crippen molar-refractivity contribution < 1.29 is 9.84 Å². The number of nitrogens with zero attached hydrogens (tertiary/aromatic N) is 3. The number of fused-ring (bicyclic) bond motifs is 5. The summed E-state index contributed by atoms with van der Waals surface area (Å²) < 4.78 is 8.23. The molecule has 3 aromatic carbocycles. The maximum Gasteiger partial charge on any atom is 0.332 e. The van der Waals surface area contributed by atoms with Crippen molar-refractivity contribution in [2.24, 2.45) is 14.1 Å². The van der Waals surface area contributed by atoms with Gasteiger partial charge in [0.25, 0.3) is 5.56 Å². The van der Waals surface area contributed by atoms with Crippen LogP contribution in [0.1, 0.15) is 17.2 Å². The minimum atomic E-state index is -0.983. The van der Waals surface area contributed by atoms with E-state index >= 15 is 0 Å². The molecule has 1 N–H and O–H groups in total. The highest BCUT2D eigenvalue weighted by molar-refractivity contribution is 6.09. The quantitative estimate of drug-likeness (QED) is 0.444. The number of aliphatic hydroxyl groups is 1. The minimum absolute atomic E-state index is 0.265. The molecule has 7 nitrogen and oxygen atoms in total. The summed E-state index contributed by atoms with van der Waals surface area (Å²) in [4.78, 5) is 31.2. The number of ether oxygens (including phenoxy) is 1. The number of hydrogen-bond acceptors (Lipinski definition) is 5. The lowest BCUT2D eigenvalue weighted by atomic mass is 9.90. The molecule has 34 heavy (non-hydrogen) atoms. The first kappa shape index (κ1) is 20.4. The van der Waals surface area contributed by atoms with E-state index in [2.05, 4.69) is 0 Å². The molecule has 1 aliphatic carbocycles. The number of methoxy groups -OCH3 is 1. The summed E-state index contributed by atoms with van der Waals surface area (Å²) in [6, 6.07) is 19.1. The van der Waals surface area contributed by atoms with E-state index in [-0.39, 0.29) is 11.0 Å². The monoisotopic (exact) mass is 451 g/mol. The van der Waals surface area contributed by atoms with E-state index in [4.69, 9.17) is 9.72 Å². The maximum atomic E-state index is 13.6. The number of rotatable bonds is 2. The lowest BCUT2D eigenvalue weighted by Gasteiger charge is -2.20. The molecule has 1 aliphatic rings. The summed E-state index contributed by atoms with van der Waals surface area (Å²) in [6.07, 6.45) is -0.983. The zero-order valence-corrected chi connectivity index (χ0v) is 18.9. The molecule has 0 fully saturated rings. The van der Waals surface area contributed by atoms with Crippen LogP contribution in [0.15, 0.2) is 70.3 Å². The van der Waals surface area contributed by atoms with Crippen LogP contribution in [-0.4, -0.2) is 26.3 Å².